The quantitative estimate of drug-likeness (QED) is 0.837. The zero-order chi connectivity index (χ0) is 13.8. The van der Waals surface area contributed by atoms with E-state index >= 15 is 0 Å². The molecule has 0 spiro atoms. The maximum Gasteiger partial charge on any atom is 0.132 e. The first-order valence-electron chi connectivity index (χ1n) is 6.38. The van der Waals surface area contributed by atoms with E-state index in [1.165, 1.54) is 0 Å². The summed E-state index contributed by atoms with van der Waals surface area (Å²) < 4.78 is 0. The Labute approximate surface area is 110 Å². The fourth-order valence-electron chi connectivity index (χ4n) is 1.76. The minimum atomic E-state index is -0.361. The Morgan fingerprint density at radius 3 is 2.67 bits per heavy atom. The van der Waals surface area contributed by atoms with E-state index in [0.29, 0.717) is 6.54 Å². The van der Waals surface area contributed by atoms with Gasteiger partial charge in [-0.25, -0.2) is 4.98 Å². The summed E-state index contributed by atoms with van der Waals surface area (Å²) in [7, 11) is 1.95. The van der Waals surface area contributed by atoms with Crippen molar-refractivity contribution in [3.05, 3.63) is 23.9 Å². The van der Waals surface area contributed by atoms with Crippen LogP contribution in [0.5, 0.6) is 0 Å². The topological polar surface area (TPSA) is 48.4 Å². The highest BCUT2D eigenvalue weighted by Crippen LogP contribution is 2.16. The van der Waals surface area contributed by atoms with Crippen LogP contribution in [0, 0.1) is 0 Å². The number of hydrogen-bond acceptors (Lipinski definition) is 4. The third kappa shape index (κ3) is 5.02. The van der Waals surface area contributed by atoms with E-state index in [4.69, 9.17) is 0 Å². The van der Waals surface area contributed by atoms with Crippen molar-refractivity contribution in [3.8, 4) is 0 Å². The number of aliphatic hydroxyl groups is 1. The molecule has 0 amide bonds. The lowest BCUT2D eigenvalue weighted by atomic mass is 10.1. The highest BCUT2D eigenvalue weighted by Gasteiger charge is 2.13. The molecule has 0 saturated heterocycles. The first-order chi connectivity index (χ1) is 8.29. The normalized spacial score (nSPS) is 13.4. The summed E-state index contributed by atoms with van der Waals surface area (Å²) in [6, 6.07) is 4.01. The molecule has 0 radical (unpaired) electrons. The van der Waals surface area contributed by atoms with E-state index in [1.807, 2.05) is 18.0 Å². The van der Waals surface area contributed by atoms with Crippen LogP contribution in [-0.2, 0) is 6.54 Å². The van der Waals surface area contributed by atoms with E-state index in [9.17, 15) is 5.11 Å². The maximum absolute atomic E-state index is 9.45. The number of pyridine rings is 1. The Hall–Kier alpha value is -1.13. The number of anilines is 1. The molecule has 0 aliphatic heterocycles. The SMILES string of the molecule is CC(O)CN(C)c1ncccc1CNC(C)(C)C. The Balaban J connectivity index is 2.79. The molecule has 1 heterocycles. The smallest absolute Gasteiger partial charge is 0.132 e. The molecule has 0 aliphatic carbocycles. The zero-order valence-electron chi connectivity index (χ0n) is 12.1. The van der Waals surface area contributed by atoms with Crippen molar-refractivity contribution in [2.75, 3.05) is 18.5 Å². The van der Waals surface area contributed by atoms with Crippen molar-refractivity contribution >= 4 is 5.82 Å². The van der Waals surface area contributed by atoms with Gasteiger partial charge in [0.1, 0.15) is 5.82 Å². The van der Waals surface area contributed by atoms with E-state index in [2.05, 4.69) is 37.1 Å². The third-order valence-corrected chi connectivity index (χ3v) is 2.58. The molecule has 1 atom stereocenters. The molecule has 4 heteroatoms. The first-order valence-corrected chi connectivity index (χ1v) is 6.38. The fraction of sp³-hybridized carbons (Fsp3) is 0.643. The van der Waals surface area contributed by atoms with Crippen molar-refractivity contribution in [3.63, 3.8) is 0 Å². The van der Waals surface area contributed by atoms with Gasteiger partial charge in [0.25, 0.3) is 0 Å². The van der Waals surface area contributed by atoms with E-state index < -0.39 is 0 Å². The largest absolute Gasteiger partial charge is 0.392 e. The minimum Gasteiger partial charge on any atom is -0.392 e. The molecule has 1 unspecified atom stereocenters. The van der Waals surface area contributed by atoms with Crippen LogP contribution in [0.25, 0.3) is 0 Å². The Bertz CT molecular complexity index is 372. The second-order valence-corrected chi connectivity index (χ2v) is 5.82. The molecule has 18 heavy (non-hydrogen) atoms. The molecule has 1 rings (SSSR count). The number of aliphatic hydroxyl groups excluding tert-OH is 1. The summed E-state index contributed by atoms with van der Waals surface area (Å²) >= 11 is 0. The Morgan fingerprint density at radius 1 is 1.44 bits per heavy atom. The van der Waals surface area contributed by atoms with Crippen LogP contribution < -0.4 is 10.2 Å². The lowest BCUT2D eigenvalue weighted by Gasteiger charge is -2.25. The van der Waals surface area contributed by atoms with Crippen molar-refractivity contribution in [1.29, 1.82) is 0 Å². The molecule has 2 N–H and O–H groups in total. The monoisotopic (exact) mass is 251 g/mol. The van der Waals surface area contributed by atoms with Crippen LogP contribution in [0.15, 0.2) is 18.3 Å². The van der Waals surface area contributed by atoms with Gasteiger partial charge in [0.2, 0.25) is 0 Å². The molecule has 0 fully saturated rings. The van der Waals surface area contributed by atoms with Crippen molar-refractivity contribution < 1.29 is 5.11 Å². The highest BCUT2D eigenvalue weighted by atomic mass is 16.3. The summed E-state index contributed by atoms with van der Waals surface area (Å²) in [6.07, 6.45) is 1.43. The van der Waals surface area contributed by atoms with E-state index in [0.717, 1.165) is 17.9 Å². The van der Waals surface area contributed by atoms with Crippen LogP contribution >= 0.6 is 0 Å². The lowest BCUT2D eigenvalue weighted by molar-refractivity contribution is 0.201. The van der Waals surface area contributed by atoms with E-state index in [1.54, 1.807) is 13.1 Å². The number of aromatic nitrogens is 1. The molecule has 0 aliphatic rings. The predicted octanol–water partition coefficient (Wildman–Crippen LogP) is 1.79. The van der Waals surface area contributed by atoms with Gasteiger partial charge in [0, 0.05) is 37.4 Å². The molecule has 102 valence electrons. The van der Waals surface area contributed by atoms with Crippen LogP contribution in [0.1, 0.15) is 33.3 Å². The predicted molar refractivity (Wildman–Crippen MR) is 75.8 cm³/mol. The van der Waals surface area contributed by atoms with Crippen molar-refractivity contribution in [1.82, 2.24) is 10.3 Å². The highest BCUT2D eigenvalue weighted by molar-refractivity contribution is 5.46. The molecule has 4 nitrogen and oxygen atoms in total. The molecular weight excluding hydrogens is 226 g/mol. The number of nitrogens with zero attached hydrogens (tertiary/aromatic N) is 2. The van der Waals surface area contributed by atoms with Gasteiger partial charge < -0.3 is 15.3 Å². The van der Waals surface area contributed by atoms with Crippen LogP contribution in [-0.4, -0.2) is 35.3 Å². The van der Waals surface area contributed by atoms with Crippen LogP contribution in [0.2, 0.25) is 0 Å². The third-order valence-electron chi connectivity index (χ3n) is 2.58. The molecule has 0 bridgehead atoms. The second kappa shape index (κ2) is 6.16. The fourth-order valence-corrected chi connectivity index (χ4v) is 1.76. The number of nitrogens with one attached hydrogen (secondary N) is 1. The molecule has 0 saturated carbocycles. The Morgan fingerprint density at radius 2 is 2.11 bits per heavy atom. The molecule has 0 aromatic carbocycles. The summed E-state index contributed by atoms with van der Waals surface area (Å²) in [5.41, 5.74) is 1.23. The lowest BCUT2D eigenvalue weighted by Crippen LogP contribution is -2.36. The van der Waals surface area contributed by atoms with Gasteiger partial charge in [-0.05, 0) is 33.8 Å². The van der Waals surface area contributed by atoms with Gasteiger partial charge in [-0.3, -0.25) is 0 Å². The number of likely N-dealkylation sites (N-methyl/N-ethyl adjacent to an activating group) is 1. The molecular formula is C14H25N3O. The summed E-state index contributed by atoms with van der Waals surface area (Å²) in [5, 5.41) is 12.9. The first kappa shape index (κ1) is 14.9. The van der Waals surface area contributed by atoms with Crippen LogP contribution in [0.3, 0.4) is 0 Å². The van der Waals surface area contributed by atoms with Gasteiger partial charge in [-0.15, -0.1) is 0 Å². The number of rotatable bonds is 5. The standard InChI is InChI=1S/C14H25N3O/c1-11(18)10-17(5)13-12(7-6-8-15-13)9-16-14(2,3)4/h6-8,11,16,18H,9-10H2,1-5H3. The van der Waals surface area contributed by atoms with Gasteiger partial charge in [0.15, 0.2) is 0 Å². The van der Waals surface area contributed by atoms with Gasteiger partial charge >= 0.3 is 0 Å². The minimum absolute atomic E-state index is 0.0793. The van der Waals surface area contributed by atoms with Crippen LogP contribution in [0.4, 0.5) is 5.82 Å². The molecule has 1 aromatic rings. The van der Waals surface area contributed by atoms with Gasteiger partial charge in [0.05, 0.1) is 6.10 Å². The average Bonchev–Trinajstić information content (AvgIpc) is 2.25. The zero-order valence-corrected chi connectivity index (χ0v) is 12.1. The van der Waals surface area contributed by atoms with Gasteiger partial charge in [-0.1, -0.05) is 6.07 Å². The second-order valence-electron chi connectivity index (χ2n) is 5.82. The van der Waals surface area contributed by atoms with Crippen molar-refractivity contribution in [2.45, 2.75) is 45.9 Å². The van der Waals surface area contributed by atoms with Gasteiger partial charge in [-0.2, -0.15) is 0 Å². The maximum atomic E-state index is 9.45. The Kier molecular flexibility index (Phi) is 5.11. The summed E-state index contributed by atoms with van der Waals surface area (Å²) in [4.78, 5) is 6.40. The summed E-state index contributed by atoms with van der Waals surface area (Å²) in [6.45, 7) is 9.57. The van der Waals surface area contributed by atoms with Crippen molar-refractivity contribution in [2.24, 2.45) is 0 Å². The van der Waals surface area contributed by atoms with E-state index in [-0.39, 0.29) is 11.6 Å². The average molecular weight is 251 g/mol. The number of hydrogen-bond donors (Lipinski definition) is 2. The molecule has 1 aromatic heterocycles. The summed E-state index contributed by atoms with van der Waals surface area (Å²) in [5.74, 6) is 0.926.